The molecule has 0 spiro atoms. The lowest BCUT2D eigenvalue weighted by Gasteiger charge is -2.01. The Hall–Kier alpha value is -2.33. The van der Waals surface area contributed by atoms with E-state index in [2.05, 4.69) is 36.6 Å². The van der Waals surface area contributed by atoms with Crippen molar-refractivity contribution in [3.63, 3.8) is 0 Å². The van der Waals surface area contributed by atoms with Crippen LogP contribution >= 0.6 is 11.3 Å². The number of fused-ring (bicyclic) bond motifs is 3. The van der Waals surface area contributed by atoms with E-state index in [9.17, 15) is 0 Å². The van der Waals surface area contributed by atoms with E-state index in [4.69, 9.17) is 10.7 Å². The minimum absolute atomic E-state index is 0.701. The van der Waals surface area contributed by atoms with Crippen LogP contribution in [0.5, 0.6) is 0 Å². The van der Waals surface area contributed by atoms with Crippen LogP contribution in [0.1, 0.15) is 4.88 Å². The molecule has 0 fully saturated rings. The lowest BCUT2D eigenvalue weighted by molar-refractivity contribution is 1.21. The number of aryl methyl sites for hydroxylation is 1. The molecule has 0 amide bonds. The zero-order valence-corrected chi connectivity index (χ0v) is 11.8. The van der Waals surface area contributed by atoms with Crippen molar-refractivity contribution in [2.75, 3.05) is 5.73 Å². The molecule has 3 nitrogen and oxygen atoms in total. The molecular formula is C16H13N3S. The number of benzene rings is 1. The van der Waals surface area contributed by atoms with E-state index in [-0.39, 0.29) is 0 Å². The molecule has 0 aliphatic heterocycles. The Labute approximate surface area is 120 Å². The first kappa shape index (κ1) is 11.5. The minimum atomic E-state index is 0.701. The summed E-state index contributed by atoms with van der Waals surface area (Å²) in [6.07, 6.45) is 1.99. The fourth-order valence-electron chi connectivity index (χ4n) is 2.62. The van der Waals surface area contributed by atoms with Crippen molar-refractivity contribution < 1.29 is 0 Å². The number of thiophene rings is 1. The number of rotatable bonds is 1. The van der Waals surface area contributed by atoms with Crippen LogP contribution in [0, 0.1) is 6.92 Å². The number of aromatic nitrogens is 2. The largest absolute Gasteiger partial charge is 0.383 e. The highest BCUT2D eigenvalue weighted by atomic mass is 32.1. The molecule has 3 aromatic heterocycles. The van der Waals surface area contributed by atoms with Gasteiger partial charge in [0.15, 0.2) is 0 Å². The van der Waals surface area contributed by atoms with Gasteiger partial charge in [0, 0.05) is 22.0 Å². The van der Waals surface area contributed by atoms with Crippen LogP contribution in [0.4, 0.5) is 5.82 Å². The average Bonchev–Trinajstić information content (AvgIpc) is 3.03. The smallest absolute Gasteiger partial charge is 0.147 e. The van der Waals surface area contributed by atoms with Gasteiger partial charge in [-0.3, -0.25) is 4.40 Å². The Morgan fingerprint density at radius 3 is 2.80 bits per heavy atom. The lowest BCUT2D eigenvalue weighted by atomic mass is 10.2. The molecule has 1 aromatic carbocycles. The molecule has 2 N–H and O–H groups in total. The van der Waals surface area contributed by atoms with E-state index in [1.54, 1.807) is 11.3 Å². The van der Waals surface area contributed by atoms with Gasteiger partial charge in [-0.2, -0.15) is 0 Å². The van der Waals surface area contributed by atoms with Gasteiger partial charge in [-0.05, 0) is 29.8 Å². The van der Waals surface area contributed by atoms with Crippen molar-refractivity contribution >= 4 is 33.6 Å². The van der Waals surface area contributed by atoms with Crippen molar-refractivity contribution in [2.24, 2.45) is 0 Å². The second kappa shape index (κ2) is 4.08. The number of imidazole rings is 1. The van der Waals surface area contributed by atoms with Crippen LogP contribution in [-0.4, -0.2) is 9.38 Å². The molecule has 0 bridgehead atoms. The number of hydrogen-bond acceptors (Lipinski definition) is 3. The molecule has 4 aromatic rings. The number of nitrogen functional groups attached to an aromatic ring is 1. The molecule has 0 saturated heterocycles. The highest BCUT2D eigenvalue weighted by Crippen LogP contribution is 2.33. The van der Waals surface area contributed by atoms with Crippen LogP contribution in [0.2, 0.25) is 0 Å². The molecule has 0 radical (unpaired) electrons. The van der Waals surface area contributed by atoms with Gasteiger partial charge in [0.2, 0.25) is 0 Å². The van der Waals surface area contributed by atoms with E-state index in [1.165, 1.54) is 10.3 Å². The summed E-state index contributed by atoms with van der Waals surface area (Å²) in [5.74, 6) is 0.701. The molecule has 4 rings (SSSR count). The summed E-state index contributed by atoms with van der Waals surface area (Å²) in [4.78, 5) is 6.03. The molecule has 0 unspecified atom stereocenters. The fourth-order valence-corrected chi connectivity index (χ4v) is 3.32. The summed E-state index contributed by atoms with van der Waals surface area (Å²) in [6.45, 7) is 2.10. The van der Waals surface area contributed by atoms with E-state index in [0.717, 1.165) is 22.3 Å². The van der Waals surface area contributed by atoms with Crippen molar-refractivity contribution in [1.82, 2.24) is 9.38 Å². The Morgan fingerprint density at radius 1 is 1.15 bits per heavy atom. The number of nitrogens with zero attached hydrogens (tertiary/aromatic N) is 2. The van der Waals surface area contributed by atoms with Crippen molar-refractivity contribution in [3.8, 4) is 11.3 Å². The zero-order chi connectivity index (χ0) is 13.7. The first-order valence-corrected chi connectivity index (χ1v) is 7.33. The van der Waals surface area contributed by atoms with Crippen LogP contribution < -0.4 is 5.73 Å². The Bertz CT molecular complexity index is 933. The SMILES string of the molecule is Cc1sccc1-c1nc2c3ccccc3ccn2c1N. The van der Waals surface area contributed by atoms with Gasteiger partial charge in [0.05, 0.1) is 0 Å². The average molecular weight is 279 g/mol. The number of hydrogen-bond donors (Lipinski definition) is 1. The van der Waals surface area contributed by atoms with Gasteiger partial charge in [0.1, 0.15) is 17.2 Å². The number of pyridine rings is 1. The Balaban J connectivity index is 2.13. The lowest BCUT2D eigenvalue weighted by Crippen LogP contribution is -1.94. The topological polar surface area (TPSA) is 43.3 Å². The number of nitrogens with two attached hydrogens (primary N) is 1. The van der Waals surface area contributed by atoms with E-state index in [1.807, 2.05) is 22.7 Å². The summed E-state index contributed by atoms with van der Waals surface area (Å²) < 4.78 is 1.97. The van der Waals surface area contributed by atoms with Crippen LogP contribution in [-0.2, 0) is 0 Å². The summed E-state index contributed by atoms with van der Waals surface area (Å²) in [5.41, 5.74) is 9.21. The normalized spacial score (nSPS) is 11.4. The monoisotopic (exact) mass is 279 g/mol. The molecule has 0 saturated carbocycles. The third kappa shape index (κ3) is 1.48. The van der Waals surface area contributed by atoms with Crippen LogP contribution in [0.3, 0.4) is 0 Å². The predicted molar refractivity (Wildman–Crippen MR) is 85.2 cm³/mol. The van der Waals surface area contributed by atoms with Crippen molar-refractivity contribution in [1.29, 1.82) is 0 Å². The highest BCUT2D eigenvalue weighted by molar-refractivity contribution is 7.10. The van der Waals surface area contributed by atoms with Gasteiger partial charge < -0.3 is 5.73 Å². The van der Waals surface area contributed by atoms with E-state index in [0.29, 0.717) is 5.82 Å². The first-order chi connectivity index (χ1) is 9.75. The van der Waals surface area contributed by atoms with Gasteiger partial charge >= 0.3 is 0 Å². The quantitative estimate of drug-likeness (QED) is 0.570. The molecule has 20 heavy (non-hydrogen) atoms. The maximum absolute atomic E-state index is 6.30. The summed E-state index contributed by atoms with van der Waals surface area (Å²) in [5, 5.41) is 4.38. The van der Waals surface area contributed by atoms with Crippen LogP contribution in [0.25, 0.3) is 27.7 Å². The molecule has 3 heterocycles. The molecule has 98 valence electrons. The summed E-state index contributed by atoms with van der Waals surface area (Å²) >= 11 is 1.72. The summed E-state index contributed by atoms with van der Waals surface area (Å²) in [7, 11) is 0. The minimum Gasteiger partial charge on any atom is -0.383 e. The van der Waals surface area contributed by atoms with Crippen molar-refractivity contribution in [3.05, 3.63) is 52.9 Å². The highest BCUT2D eigenvalue weighted by Gasteiger charge is 2.15. The van der Waals surface area contributed by atoms with E-state index >= 15 is 0 Å². The molecule has 4 heteroatoms. The third-order valence-electron chi connectivity index (χ3n) is 3.67. The maximum atomic E-state index is 6.30. The van der Waals surface area contributed by atoms with Gasteiger partial charge in [0.25, 0.3) is 0 Å². The Morgan fingerprint density at radius 2 is 2.00 bits per heavy atom. The number of anilines is 1. The second-order valence-electron chi connectivity index (χ2n) is 4.83. The molecule has 0 atom stereocenters. The summed E-state index contributed by atoms with van der Waals surface area (Å²) in [6, 6.07) is 12.4. The first-order valence-electron chi connectivity index (χ1n) is 6.45. The third-order valence-corrected chi connectivity index (χ3v) is 4.51. The predicted octanol–water partition coefficient (Wildman–Crippen LogP) is 4.11. The molecule has 0 aliphatic carbocycles. The standard InChI is InChI=1S/C16H13N3S/c1-10-12(7-9-20-10)14-15(17)19-8-6-11-4-2-3-5-13(11)16(19)18-14/h2-9H,17H2,1H3. The van der Waals surface area contributed by atoms with Crippen LogP contribution in [0.15, 0.2) is 48.0 Å². The van der Waals surface area contributed by atoms with Gasteiger partial charge in [-0.25, -0.2) is 4.98 Å². The maximum Gasteiger partial charge on any atom is 0.147 e. The zero-order valence-electron chi connectivity index (χ0n) is 11.0. The fraction of sp³-hybridized carbons (Fsp3) is 0.0625. The Kier molecular flexibility index (Phi) is 2.35. The van der Waals surface area contributed by atoms with Gasteiger partial charge in [-0.1, -0.05) is 24.3 Å². The molecular weight excluding hydrogens is 266 g/mol. The van der Waals surface area contributed by atoms with Gasteiger partial charge in [-0.15, -0.1) is 11.3 Å². The molecule has 0 aliphatic rings. The second-order valence-corrected chi connectivity index (χ2v) is 5.95. The van der Waals surface area contributed by atoms with E-state index < -0.39 is 0 Å². The van der Waals surface area contributed by atoms with Crippen molar-refractivity contribution in [2.45, 2.75) is 6.92 Å².